The predicted octanol–water partition coefficient (Wildman–Crippen LogP) is 2.60. The largest absolute Gasteiger partial charge is 0.451 e. The normalized spacial score (nSPS) is 11.2. The van der Waals surface area contributed by atoms with Crippen LogP contribution in [-0.2, 0) is 4.74 Å². The summed E-state index contributed by atoms with van der Waals surface area (Å²) in [5.41, 5.74) is 4.36. The number of furan rings is 1. The van der Waals surface area contributed by atoms with E-state index in [1.165, 1.54) is 0 Å². The van der Waals surface area contributed by atoms with Crippen LogP contribution < -0.4 is 10.9 Å². The summed E-state index contributed by atoms with van der Waals surface area (Å²) in [5, 5.41) is 0.815. The number of hydrazine groups is 1. The van der Waals surface area contributed by atoms with Crippen molar-refractivity contribution in [1.29, 1.82) is 0 Å². The number of carbonyl (C=O) groups is 2. The van der Waals surface area contributed by atoms with Gasteiger partial charge in [0, 0.05) is 5.39 Å². The van der Waals surface area contributed by atoms with Gasteiger partial charge in [0.1, 0.15) is 11.2 Å². The fraction of sp³-hybridized carbons (Fsp3) is 0.286. The molecule has 2 N–H and O–H groups in total. The lowest BCUT2D eigenvalue weighted by molar-refractivity contribution is 0.0481. The summed E-state index contributed by atoms with van der Waals surface area (Å²) in [6, 6.07) is 8.84. The van der Waals surface area contributed by atoms with E-state index >= 15 is 0 Å². The molecule has 0 atom stereocenters. The first-order chi connectivity index (χ1) is 9.35. The van der Waals surface area contributed by atoms with Crippen LogP contribution in [0.2, 0.25) is 0 Å². The SMILES string of the molecule is CC(C)(C)OC(=O)NNC(=O)c1cc2ccccc2o1. The van der Waals surface area contributed by atoms with Crippen LogP contribution >= 0.6 is 0 Å². The number of benzene rings is 1. The smallest absolute Gasteiger partial charge is 0.426 e. The number of para-hydroxylation sites is 1. The zero-order valence-electron chi connectivity index (χ0n) is 11.5. The molecule has 1 heterocycles. The van der Waals surface area contributed by atoms with Gasteiger partial charge in [0.2, 0.25) is 0 Å². The van der Waals surface area contributed by atoms with Gasteiger partial charge in [-0.3, -0.25) is 10.2 Å². The Kier molecular flexibility index (Phi) is 3.65. The zero-order valence-corrected chi connectivity index (χ0v) is 11.5. The van der Waals surface area contributed by atoms with Crippen molar-refractivity contribution in [2.45, 2.75) is 26.4 Å². The van der Waals surface area contributed by atoms with Crippen LogP contribution in [0.4, 0.5) is 4.79 Å². The first-order valence-electron chi connectivity index (χ1n) is 6.13. The number of rotatable bonds is 1. The molecule has 2 amide bonds. The molecule has 0 aliphatic carbocycles. The number of hydrogen-bond donors (Lipinski definition) is 2. The van der Waals surface area contributed by atoms with E-state index in [2.05, 4.69) is 10.9 Å². The molecule has 0 bridgehead atoms. The summed E-state index contributed by atoms with van der Waals surface area (Å²) in [4.78, 5) is 23.2. The Hall–Kier alpha value is -2.50. The number of carbonyl (C=O) groups excluding carboxylic acids is 2. The van der Waals surface area contributed by atoms with Crippen molar-refractivity contribution in [2.24, 2.45) is 0 Å². The molecular formula is C14H16N2O4. The average Bonchev–Trinajstić information content (AvgIpc) is 2.77. The van der Waals surface area contributed by atoms with Gasteiger partial charge in [0.05, 0.1) is 0 Å². The Labute approximate surface area is 116 Å². The van der Waals surface area contributed by atoms with Crippen molar-refractivity contribution < 1.29 is 18.7 Å². The van der Waals surface area contributed by atoms with E-state index < -0.39 is 17.6 Å². The second kappa shape index (κ2) is 5.24. The number of nitrogens with one attached hydrogen (secondary N) is 2. The van der Waals surface area contributed by atoms with E-state index in [1.54, 1.807) is 32.9 Å². The van der Waals surface area contributed by atoms with E-state index in [9.17, 15) is 9.59 Å². The molecule has 2 aromatic rings. The maximum atomic E-state index is 11.8. The minimum Gasteiger partial charge on any atom is -0.451 e. The second-order valence-electron chi connectivity index (χ2n) is 5.23. The van der Waals surface area contributed by atoms with Crippen LogP contribution in [0.3, 0.4) is 0 Å². The van der Waals surface area contributed by atoms with Crippen LogP contribution in [0.5, 0.6) is 0 Å². The van der Waals surface area contributed by atoms with Gasteiger partial charge in [0.25, 0.3) is 0 Å². The molecule has 20 heavy (non-hydrogen) atoms. The first-order valence-corrected chi connectivity index (χ1v) is 6.13. The molecule has 0 radical (unpaired) electrons. The van der Waals surface area contributed by atoms with Crippen LogP contribution in [0.25, 0.3) is 11.0 Å². The monoisotopic (exact) mass is 276 g/mol. The van der Waals surface area contributed by atoms with E-state index in [-0.39, 0.29) is 5.76 Å². The highest BCUT2D eigenvalue weighted by atomic mass is 16.6. The molecule has 0 saturated carbocycles. The Bertz CT molecular complexity index is 607. The van der Waals surface area contributed by atoms with Crippen LogP contribution in [0.1, 0.15) is 31.3 Å². The van der Waals surface area contributed by atoms with Crippen molar-refractivity contribution in [3.05, 3.63) is 36.1 Å². The van der Waals surface area contributed by atoms with E-state index in [0.717, 1.165) is 5.39 Å². The molecule has 0 aliphatic rings. The molecular weight excluding hydrogens is 260 g/mol. The van der Waals surface area contributed by atoms with Gasteiger partial charge < -0.3 is 9.15 Å². The lowest BCUT2D eigenvalue weighted by Crippen LogP contribution is -2.44. The molecule has 0 aliphatic heterocycles. The van der Waals surface area contributed by atoms with Crippen LogP contribution in [0, 0.1) is 0 Å². The topological polar surface area (TPSA) is 80.6 Å². The highest BCUT2D eigenvalue weighted by Gasteiger charge is 2.17. The minimum atomic E-state index is -0.734. The van der Waals surface area contributed by atoms with Crippen molar-refractivity contribution >= 4 is 23.0 Å². The molecule has 6 nitrogen and oxygen atoms in total. The number of hydrogen-bond acceptors (Lipinski definition) is 4. The number of fused-ring (bicyclic) bond motifs is 1. The fourth-order valence-electron chi connectivity index (χ4n) is 1.57. The van der Waals surface area contributed by atoms with Gasteiger partial charge in [-0.05, 0) is 32.9 Å². The first kappa shape index (κ1) is 13.9. The summed E-state index contributed by atoms with van der Waals surface area (Å²) in [6.07, 6.45) is -0.734. The third-order valence-electron chi connectivity index (χ3n) is 2.33. The summed E-state index contributed by atoms with van der Waals surface area (Å²) in [6.45, 7) is 5.19. The summed E-state index contributed by atoms with van der Waals surface area (Å²) in [5.74, 6) is -0.436. The maximum Gasteiger partial charge on any atom is 0.426 e. The Morgan fingerprint density at radius 2 is 1.85 bits per heavy atom. The van der Waals surface area contributed by atoms with Gasteiger partial charge in [-0.15, -0.1) is 0 Å². The highest BCUT2D eigenvalue weighted by molar-refractivity contribution is 5.96. The molecule has 0 saturated heterocycles. The van der Waals surface area contributed by atoms with E-state index in [1.807, 2.05) is 18.2 Å². The third-order valence-corrected chi connectivity index (χ3v) is 2.33. The van der Waals surface area contributed by atoms with Gasteiger partial charge in [0.15, 0.2) is 5.76 Å². The van der Waals surface area contributed by atoms with Crippen LogP contribution in [0.15, 0.2) is 34.7 Å². The highest BCUT2D eigenvalue weighted by Crippen LogP contribution is 2.18. The number of ether oxygens (including phenoxy) is 1. The lowest BCUT2D eigenvalue weighted by Gasteiger charge is -2.19. The van der Waals surface area contributed by atoms with Crippen molar-refractivity contribution in [3.8, 4) is 0 Å². The number of amides is 2. The molecule has 2 rings (SSSR count). The summed E-state index contributed by atoms with van der Waals surface area (Å²) >= 11 is 0. The Morgan fingerprint density at radius 3 is 2.50 bits per heavy atom. The standard InChI is InChI=1S/C14H16N2O4/c1-14(2,3)20-13(18)16-15-12(17)11-8-9-6-4-5-7-10(9)19-11/h4-8H,1-3H3,(H,15,17)(H,16,18). The summed E-state index contributed by atoms with van der Waals surface area (Å²) < 4.78 is 10.3. The molecule has 1 aromatic carbocycles. The Morgan fingerprint density at radius 1 is 1.15 bits per heavy atom. The molecule has 6 heteroatoms. The predicted molar refractivity (Wildman–Crippen MR) is 73.0 cm³/mol. The van der Waals surface area contributed by atoms with Crippen LogP contribution in [-0.4, -0.2) is 17.6 Å². The third kappa shape index (κ3) is 3.50. The molecule has 0 unspecified atom stereocenters. The quantitative estimate of drug-likeness (QED) is 0.784. The minimum absolute atomic E-state index is 0.113. The molecule has 0 spiro atoms. The maximum absolute atomic E-state index is 11.8. The lowest BCUT2D eigenvalue weighted by atomic mass is 10.2. The summed E-state index contributed by atoms with van der Waals surface area (Å²) in [7, 11) is 0. The fourth-order valence-corrected chi connectivity index (χ4v) is 1.57. The average molecular weight is 276 g/mol. The second-order valence-corrected chi connectivity index (χ2v) is 5.23. The zero-order chi connectivity index (χ0) is 14.8. The van der Waals surface area contributed by atoms with E-state index in [4.69, 9.17) is 9.15 Å². The van der Waals surface area contributed by atoms with Crippen molar-refractivity contribution in [1.82, 2.24) is 10.9 Å². The van der Waals surface area contributed by atoms with Crippen molar-refractivity contribution in [3.63, 3.8) is 0 Å². The van der Waals surface area contributed by atoms with Gasteiger partial charge in [-0.25, -0.2) is 10.2 Å². The van der Waals surface area contributed by atoms with Crippen molar-refractivity contribution in [2.75, 3.05) is 0 Å². The van der Waals surface area contributed by atoms with Gasteiger partial charge >= 0.3 is 12.0 Å². The van der Waals surface area contributed by atoms with Gasteiger partial charge in [-0.1, -0.05) is 18.2 Å². The Balaban J connectivity index is 1.97. The van der Waals surface area contributed by atoms with E-state index in [0.29, 0.717) is 5.58 Å². The molecule has 1 aromatic heterocycles. The molecule has 0 fully saturated rings. The molecule has 106 valence electrons. The van der Waals surface area contributed by atoms with Gasteiger partial charge in [-0.2, -0.15) is 0 Å².